The Morgan fingerprint density at radius 3 is 2.86 bits per heavy atom. The van der Waals surface area contributed by atoms with Gasteiger partial charge >= 0.3 is 5.97 Å². The van der Waals surface area contributed by atoms with Crippen LogP contribution in [0.1, 0.15) is 24.8 Å². The molecule has 0 saturated heterocycles. The molecule has 1 aromatic carbocycles. The smallest absolute Gasteiger partial charge is 0.303 e. The minimum Gasteiger partial charge on any atom is -0.481 e. The molecule has 14 heavy (non-hydrogen) atoms. The summed E-state index contributed by atoms with van der Waals surface area (Å²) in [6.07, 6.45) is 0.0934. The van der Waals surface area contributed by atoms with Crippen molar-refractivity contribution in [2.24, 2.45) is 0 Å². The fourth-order valence-corrected chi connectivity index (χ4v) is 1.95. The van der Waals surface area contributed by atoms with E-state index in [-0.39, 0.29) is 12.3 Å². The lowest BCUT2D eigenvalue weighted by molar-refractivity contribution is -0.137. The van der Waals surface area contributed by atoms with E-state index in [9.17, 15) is 4.79 Å². The second-order valence-corrected chi connectivity index (χ2v) is 4.49. The van der Waals surface area contributed by atoms with Gasteiger partial charge in [-0.2, -0.15) is 0 Å². The Labute approximate surface area is 96.0 Å². The van der Waals surface area contributed by atoms with E-state index >= 15 is 0 Å². The van der Waals surface area contributed by atoms with Crippen molar-refractivity contribution in [3.8, 4) is 0 Å². The summed E-state index contributed by atoms with van der Waals surface area (Å²) in [7, 11) is 0. The van der Waals surface area contributed by atoms with Crippen molar-refractivity contribution >= 4 is 33.5 Å². The normalized spacial score (nSPS) is 12.5. The second-order valence-electron chi connectivity index (χ2n) is 3.16. The molecule has 1 rings (SSSR count). The van der Waals surface area contributed by atoms with Crippen molar-refractivity contribution in [3.63, 3.8) is 0 Å². The van der Waals surface area contributed by atoms with Gasteiger partial charge < -0.3 is 5.11 Å². The Hall–Kier alpha value is -0.540. The van der Waals surface area contributed by atoms with Gasteiger partial charge in [-0.05, 0) is 29.7 Å². The summed E-state index contributed by atoms with van der Waals surface area (Å²) in [5.74, 6) is -0.883. The molecule has 76 valence electrons. The van der Waals surface area contributed by atoms with E-state index in [1.165, 1.54) is 0 Å². The van der Waals surface area contributed by atoms with Gasteiger partial charge in [-0.3, -0.25) is 4.79 Å². The first-order valence-electron chi connectivity index (χ1n) is 4.17. The summed E-state index contributed by atoms with van der Waals surface area (Å²) in [5.41, 5.74) is 0.864. The first kappa shape index (κ1) is 11.5. The third kappa shape index (κ3) is 3.00. The average Bonchev–Trinajstić information content (AvgIpc) is 2.08. The quantitative estimate of drug-likeness (QED) is 0.915. The van der Waals surface area contributed by atoms with Gasteiger partial charge in [-0.15, -0.1) is 0 Å². The number of aliphatic carboxylic acids is 1. The zero-order chi connectivity index (χ0) is 10.7. The average molecular weight is 278 g/mol. The molecule has 2 nitrogen and oxygen atoms in total. The number of hydrogen-bond donors (Lipinski definition) is 1. The summed E-state index contributed by atoms with van der Waals surface area (Å²) < 4.78 is 0.911. The van der Waals surface area contributed by atoms with Crippen LogP contribution in [0.3, 0.4) is 0 Å². The molecule has 0 heterocycles. The molecule has 0 radical (unpaired) electrons. The van der Waals surface area contributed by atoms with E-state index in [0.29, 0.717) is 5.02 Å². The predicted molar refractivity (Wildman–Crippen MR) is 59.8 cm³/mol. The third-order valence-electron chi connectivity index (χ3n) is 1.97. The van der Waals surface area contributed by atoms with Crippen LogP contribution in [-0.4, -0.2) is 11.1 Å². The maximum atomic E-state index is 10.5. The van der Waals surface area contributed by atoms with Crippen LogP contribution < -0.4 is 0 Å². The van der Waals surface area contributed by atoms with Gasteiger partial charge in [0.25, 0.3) is 0 Å². The predicted octanol–water partition coefficient (Wildman–Crippen LogP) is 3.68. The van der Waals surface area contributed by atoms with Gasteiger partial charge in [0.15, 0.2) is 0 Å². The van der Waals surface area contributed by atoms with E-state index in [1.54, 1.807) is 6.07 Å². The minimum absolute atomic E-state index is 0.0718. The molecule has 0 aliphatic rings. The number of carbonyl (C=O) groups is 1. The lowest BCUT2D eigenvalue weighted by Gasteiger charge is -2.11. The van der Waals surface area contributed by atoms with Crippen LogP contribution in [0.5, 0.6) is 0 Å². The molecule has 1 unspecified atom stereocenters. The Morgan fingerprint density at radius 1 is 1.64 bits per heavy atom. The van der Waals surface area contributed by atoms with Gasteiger partial charge in [0.2, 0.25) is 0 Å². The Balaban J connectivity index is 2.93. The zero-order valence-electron chi connectivity index (χ0n) is 7.63. The standard InChI is InChI=1S/C10H10BrClO2/c1-6(4-10(13)14)8-5-7(11)2-3-9(8)12/h2-3,5-6H,4H2,1H3,(H,13,14). The molecule has 0 aromatic heterocycles. The second kappa shape index (κ2) is 4.80. The molecular formula is C10H10BrClO2. The van der Waals surface area contributed by atoms with Gasteiger partial charge in [-0.25, -0.2) is 0 Å². The first-order chi connectivity index (χ1) is 6.50. The largest absolute Gasteiger partial charge is 0.481 e. The maximum absolute atomic E-state index is 10.5. The first-order valence-corrected chi connectivity index (χ1v) is 5.34. The molecule has 0 fully saturated rings. The molecule has 1 aromatic rings. The van der Waals surface area contributed by atoms with Crippen molar-refractivity contribution < 1.29 is 9.90 Å². The Bertz CT molecular complexity index is 352. The van der Waals surface area contributed by atoms with E-state index in [4.69, 9.17) is 16.7 Å². The number of hydrogen-bond acceptors (Lipinski definition) is 1. The summed E-state index contributed by atoms with van der Waals surface area (Å²) in [4.78, 5) is 10.5. The topological polar surface area (TPSA) is 37.3 Å². The fourth-order valence-electron chi connectivity index (χ4n) is 1.26. The monoisotopic (exact) mass is 276 g/mol. The van der Waals surface area contributed by atoms with Crippen molar-refractivity contribution in [1.82, 2.24) is 0 Å². The van der Waals surface area contributed by atoms with Gasteiger partial charge in [0, 0.05) is 9.50 Å². The van der Waals surface area contributed by atoms with Crippen molar-refractivity contribution in [3.05, 3.63) is 33.3 Å². The molecule has 0 aliphatic carbocycles. The number of benzene rings is 1. The number of rotatable bonds is 3. The molecule has 1 atom stereocenters. The SMILES string of the molecule is CC(CC(=O)O)c1cc(Br)ccc1Cl. The van der Waals surface area contributed by atoms with Crippen molar-refractivity contribution in [1.29, 1.82) is 0 Å². The Morgan fingerprint density at radius 2 is 2.29 bits per heavy atom. The summed E-state index contributed by atoms with van der Waals surface area (Å²) in [6.45, 7) is 1.85. The highest BCUT2D eigenvalue weighted by atomic mass is 79.9. The molecule has 0 spiro atoms. The van der Waals surface area contributed by atoms with Gasteiger partial charge in [0.05, 0.1) is 6.42 Å². The molecule has 4 heteroatoms. The van der Waals surface area contributed by atoms with Crippen LogP contribution in [-0.2, 0) is 4.79 Å². The summed E-state index contributed by atoms with van der Waals surface area (Å²) >= 11 is 9.29. The fraction of sp³-hybridized carbons (Fsp3) is 0.300. The third-order valence-corrected chi connectivity index (χ3v) is 2.81. The van der Waals surface area contributed by atoms with Crippen LogP contribution in [0, 0.1) is 0 Å². The van der Waals surface area contributed by atoms with Crippen molar-refractivity contribution in [2.45, 2.75) is 19.3 Å². The summed E-state index contributed by atoms with van der Waals surface area (Å²) in [5, 5.41) is 9.26. The molecule has 0 amide bonds. The van der Waals surface area contributed by atoms with Crippen LogP contribution in [0.25, 0.3) is 0 Å². The highest BCUT2D eigenvalue weighted by Crippen LogP contribution is 2.29. The molecular weight excluding hydrogens is 267 g/mol. The lowest BCUT2D eigenvalue weighted by atomic mass is 9.98. The van der Waals surface area contributed by atoms with Crippen molar-refractivity contribution in [2.75, 3.05) is 0 Å². The number of carboxylic acids is 1. The minimum atomic E-state index is -0.812. The van der Waals surface area contributed by atoms with Crippen LogP contribution in [0.4, 0.5) is 0 Å². The lowest BCUT2D eigenvalue weighted by Crippen LogP contribution is -2.03. The van der Waals surface area contributed by atoms with Gasteiger partial charge in [0.1, 0.15) is 0 Å². The Kier molecular flexibility index (Phi) is 3.96. The zero-order valence-corrected chi connectivity index (χ0v) is 9.97. The van der Waals surface area contributed by atoms with Crippen LogP contribution in [0.2, 0.25) is 5.02 Å². The van der Waals surface area contributed by atoms with E-state index < -0.39 is 5.97 Å². The van der Waals surface area contributed by atoms with Crippen LogP contribution >= 0.6 is 27.5 Å². The molecule has 0 saturated carbocycles. The number of halogens is 2. The number of carboxylic acid groups (broad SMARTS) is 1. The van der Waals surface area contributed by atoms with E-state index in [2.05, 4.69) is 15.9 Å². The highest BCUT2D eigenvalue weighted by molar-refractivity contribution is 9.10. The summed E-state index contributed by atoms with van der Waals surface area (Å²) in [6, 6.07) is 5.45. The van der Waals surface area contributed by atoms with Gasteiger partial charge in [-0.1, -0.05) is 34.5 Å². The van der Waals surface area contributed by atoms with E-state index in [1.807, 2.05) is 19.1 Å². The highest BCUT2D eigenvalue weighted by Gasteiger charge is 2.13. The molecule has 0 bridgehead atoms. The van der Waals surface area contributed by atoms with Crippen LogP contribution in [0.15, 0.2) is 22.7 Å². The van der Waals surface area contributed by atoms with E-state index in [0.717, 1.165) is 10.0 Å². The molecule has 0 aliphatic heterocycles. The maximum Gasteiger partial charge on any atom is 0.303 e. The molecule has 1 N–H and O–H groups in total.